The van der Waals surface area contributed by atoms with E-state index in [9.17, 15) is 0 Å². The normalized spacial score (nSPS) is 11.0. The summed E-state index contributed by atoms with van der Waals surface area (Å²) < 4.78 is 0. The highest BCUT2D eigenvalue weighted by molar-refractivity contribution is 14.0. The van der Waals surface area contributed by atoms with Crippen LogP contribution in [-0.4, -0.2) is 38.0 Å². The number of benzene rings is 1. The molecule has 1 rings (SSSR count). The van der Waals surface area contributed by atoms with Gasteiger partial charge in [-0.15, -0.1) is 30.6 Å². The summed E-state index contributed by atoms with van der Waals surface area (Å²) in [5, 5.41) is 6.44. The highest BCUT2D eigenvalue weighted by Crippen LogP contribution is 2.11. The third kappa shape index (κ3) is 8.06. The lowest BCUT2D eigenvalue weighted by Gasteiger charge is -2.14. The van der Waals surface area contributed by atoms with E-state index in [0.29, 0.717) is 13.1 Å². The van der Waals surface area contributed by atoms with Gasteiger partial charge < -0.3 is 15.5 Å². The Balaban J connectivity index is 0.00000400. The van der Waals surface area contributed by atoms with Gasteiger partial charge in [-0.05, 0) is 32.1 Å². The van der Waals surface area contributed by atoms with Crippen LogP contribution in [0.5, 0.6) is 0 Å². The molecule has 0 spiro atoms. The van der Waals surface area contributed by atoms with Crippen LogP contribution in [0.4, 0.5) is 0 Å². The number of halogens is 1. The maximum atomic E-state index is 4.62. The van der Waals surface area contributed by atoms with Crippen LogP contribution in [0.25, 0.3) is 0 Å². The first-order valence-corrected chi connectivity index (χ1v) is 7.02. The van der Waals surface area contributed by atoms with Crippen molar-refractivity contribution in [2.24, 2.45) is 4.99 Å². The third-order valence-electron chi connectivity index (χ3n) is 2.77. The molecule has 0 heterocycles. The Labute approximate surface area is 145 Å². The summed E-state index contributed by atoms with van der Waals surface area (Å²) in [5.74, 6) is 0.826. The molecule has 21 heavy (non-hydrogen) atoms. The van der Waals surface area contributed by atoms with E-state index in [1.165, 1.54) is 11.1 Å². The first kappa shape index (κ1) is 19.9. The zero-order valence-electron chi connectivity index (χ0n) is 13.2. The van der Waals surface area contributed by atoms with Gasteiger partial charge in [0.1, 0.15) is 0 Å². The average Bonchev–Trinajstić information content (AvgIpc) is 2.42. The van der Waals surface area contributed by atoms with Gasteiger partial charge in [0.25, 0.3) is 0 Å². The van der Waals surface area contributed by atoms with E-state index in [1.54, 1.807) is 0 Å². The molecule has 0 saturated carbocycles. The van der Waals surface area contributed by atoms with Gasteiger partial charge in [-0.3, -0.25) is 0 Å². The third-order valence-corrected chi connectivity index (χ3v) is 2.77. The molecule has 1 aromatic rings. The summed E-state index contributed by atoms with van der Waals surface area (Å²) in [6.07, 6.45) is 1.83. The van der Waals surface area contributed by atoms with Crippen molar-refractivity contribution in [3.63, 3.8) is 0 Å². The summed E-state index contributed by atoms with van der Waals surface area (Å²) >= 11 is 0. The number of hydrogen-bond acceptors (Lipinski definition) is 2. The highest BCUT2D eigenvalue weighted by Gasteiger charge is 2.03. The largest absolute Gasteiger partial charge is 0.357 e. The number of nitrogens with one attached hydrogen (secondary N) is 2. The van der Waals surface area contributed by atoms with Crippen LogP contribution < -0.4 is 10.6 Å². The summed E-state index contributed by atoms with van der Waals surface area (Å²) in [6.45, 7) is 8.94. The van der Waals surface area contributed by atoms with Crippen molar-refractivity contribution in [3.05, 3.63) is 48.0 Å². The fourth-order valence-electron chi connectivity index (χ4n) is 1.88. The van der Waals surface area contributed by atoms with Crippen LogP contribution in [0.15, 0.2) is 41.9 Å². The average molecular weight is 402 g/mol. The zero-order chi connectivity index (χ0) is 14.8. The van der Waals surface area contributed by atoms with Crippen LogP contribution in [0.2, 0.25) is 0 Å². The van der Waals surface area contributed by atoms with Gasteiger partial charge in [0, 0.05) is 19.6 Å². The van der Waals surface area contributed by atoms with E-state index in [2.05, 4.69) is 72.4 Å². The first-order chi connectivity index (χ1) is 9.67. The van der Waals surface area contributed by atoms with E-state index in [-0.39, 0.29) is 24.0 Å². The number of aliphatic imine (C=N–C) groups is 1. The van der Waals surface area contributed by atoms with Crippen LogP contribution in [0, 0.1) is 0 Å². The number of hydrogen-bond donors (Lipinski definition) is 2. The minimum absolute atomic E-state index is 0. The van der Waals surface area contributed by atoms with E-state index >= 15 is 0 Å². The van der Waals surface area contributed by atoms with Crippen molar-refractivity contribution < 1.29 is 0 Å². The Morgan fingerprint density at radius 1 is 1.24 bits per heavy atom. The lowest BCUT2D eigenvalue weighted by atomic mass is 10.1. The molecule has 0 aliphatic rings. The molecule has 0 atom stereocenters. The molecule has 5 heteroatoms. The van der Waals surface area contributed by atoms with Crippen molar-refractivity contribution in [3.8, 4) is 0 Å². The van der Waals surface area contributed by atoms with E-state index < -0.39 is 0 Å². The number of guanidine groups is 1. The summed E-state index contributed by atoms with van der Waals surface area (Å²) in [7, 11) is 4.16. The van der Waals surface area contributed by atoms with Gasteiger partial charge in [-0.25, -0.2) is 4.99 Å². The van der Waals surface area contributed by atoms with E-state index in [0.717, 1.165) is 19.0 Å². The molecule has 0 aromatic heterocycles. The van der Waals surface area contributed by atoms with Crippen LogP contribution in [0.3, 0.4) is 0 Å². The van der Waals surface area contributed by atoms with Crippen LogP contribution >= 0.6 is 24.0 Å². The second-order valence-electron chi connectivity index (χ2n) is 4.87. The van der Waals surface area contributed by atoms with Gasteiger partial charge in [-0.1, -0.05) is 30.3 Å². The molecule has 4 nitrogen and oxygen atoms in total. The van der Waals surface area contributed by atoms with Crippen LogP contribution in [-0.2, 0) is 13.1 Å². The molecule has 118 valence electrons. The number of rotatable bonds is 7. The second kappa shape index (κ2) is 11.6. The van der Waals surface area contributed by atoms with E-state index in [1.807, 2.05) is 6.08 Å². The van der Waals surface area contributed by atoms with Crippen molar-refractivity contribution in [2.75, 3.05) is 27.2 Å². The first-order valence-electron chi connectivity index (χ1n) is 7.02. The molecule has 0 unspecified atom stereocenters. The molecule has 0 amide bonds. The Morgan fingerprint density at radius 2 is 1.90 bits per heavy atom. The maximum Gasteiger partial charge on any atom is 0.191 e. The number of nitrogens with zero attached hydrogens (tertiary/aromatic N) is 2. The fraction of sp³-hybridized carbons (Fsp3) is 0.438. The van der Waals surface area contributed by atoms with Gasteiger partial charge in [0.05, 0.1) is 6.54 Å². The molecular formula is C16H27IN4. The van der Waals surface area contributed by atoms with Crippen molar-refractivity contribution in [1.29, 1.82) is 0 Å². The molecule has 1 aromatic carbocycles. The fourth-order valence-corrected chi connectivity index (χ4v) is 1.88. The summed E-state index contributed by atoms with van der Waals surface area (Å²) in [6, 6.07) is 8.44. The van der Waals surface area contributed by atoms with Crippen molar-refractivity contribution in [1.82, 2.24) is 15.5 Å². The minimum atomic E-state index is 0. The SMILES string of the molecule is C=CCNC(=NCc1ccccc1CN(C)C)NCC.I. The maximum absolute atomic E-state index is 4.62. The van der Waals surface area contributed by atoms with Gasteiger partial charge in [0.2, 0.25) is 0 Å². The van der Waals surface area contributed by atoms with Crippen molar-refractivity contribution >= 4 is 29.9 Å². The molecular weight excluding hydrogens is 375 g/mol. The van der Waals surface area contributed by atoms with Gasteiger partial charge in [-0.2, -0.15) is 0 Å². The molecule has 0 saturated heterocycles. The lowest BCUT2D eigenvalue weighted by Crippen LogP contribution is -2.37. The Morgan fingerprint density at radius 3 is 2.48 bits per heavy atom. The highest BCUT2D eigenvalue weighted by atomic mass is 127. The monoisotopic (exact) mass is 402 g/mol. The predicted molar refractivity (Wildman–Crippen MR) is 102 cm³/mol. The Hall–Kier alpha value is -1.08. The van der Waals surface area contributed by atoms with E-state index in [4.69, 9.17) is 0 Å². The molecule has 0 fully saturated rings. The van der Waals surface area contributed by atoms with Crippen molar-refractivity contribution in [2.45, 2.75) is 20.0 Å². The lowest BCUT2D eigenvalue weighted by molar-refractivity contribution is 0.401. The van der Waals surface area contributed by atoms with Crippen LogP contribution in [0.1, 0.15) is 18.1 Å². The zero-order valence-corrected chi connectivity index (χ0v) is 15.6. The topological polar surface area (TPSA) is 39.7 Å². The Bertz CT molecular complexity index is 444. The Kier molecular flexibility index (Phi) is 11.0. The molecule has 0 radical (unpaired) electrons. The molecule has 0 aliphatic carbocycles. The molecule has 2 N–H and O–H groups in total. The minimum Gasteiger partial charge on any atom is -0.357 e. The second-order valence-corrected chi connectivity index (χ2v) is 4.87. The molecule has 0 bridgehead atoms. The van der Waals surface area contributed by atoms with Gasteiger partial charge in [0.15, 0.2) is 5.96 Å². The smallest absolute Gasteiger partial charge is 0.191 e. The predicted octanol–water partition coefficient (Wildman–Crippen LogP) is 2.61. The quantitative estimate of drug-likeness (QED) is 0.319. The molecule has 0 aliphatic heterocycles. The summed E-state index contributed by atoms with van der Waals surface area (Å²) in [4.78, 5) is 6.79. The summed E-state index contributed by atoms with van der Waals surface area (Å²) in [5.41, 5.74) is 2.58. The standard InChI is InChI=1S/C16H26N4.HI/c1-5-11-18-16(17-6-2)19-12-14-9-7-8-10-15(14)13-20(3)4;/h5,7-10H,1,6,11-13H2,2-4H3,(H2,17,18,19);1H. The van der Waals surface area contributed by atoms with Gasteiger partial charge >= 0.3 is 0 Å².